The summed E-state index contributed by atoms with van der Waals surface area (Å²) in [6.45, 7) is 6.47. The summed E-state index contributed by atoms with van der Waals surface area (Å²) in [5, 5.41) is 0. The summed E-state index contributed by atoms with van der Waals surface area (Å²) in [6.07, 6.45) is 12.2. The fourth-order valence-electron chi connectivity index (χ4n) is 3.38. The van der Waals surface area contributed by atoms with Crippen molar-refractivity contribution >= 4 is 10.1 Å². The summed E-state index contributed by atoms with van der Waals surface area (Å²) in [6, 6.07) is 4.05. The molecule has 0 bridgehead atoms. The molecule has 0 aliphatic carbocycles. The van der Waals surface area contributed by atoms with E-state index in [9.17, 15) is 13.0 Å². The molecule has 0 amide bonds. The minimum absolute atomic E-state index is 0.193. The van der Waals surface area contributed by atoms with Crippen LogP contribution in [0, 0.1) is 0 Å². The summed E-state index contributed by atoms with van der Waals surface area (Å²) < 4.78 is 34.0. The van der Waals surface area contributed by atoms with Gasteiger partial charge in [0.1, 0.15) is 4.90 Å². The molecule has 144 valence electrons. The molecule has 1 rings (SSSR count). The molecule has 1 N–H and O–H groups in total. The summed E-state index contributed by atoms with van der Waals surface area (Å²) >= 11 is 0. The molecule has 0 aliphatic heterocycles. The van der Waals surface area contributed by atoms with Crippen molar-refractivity contribution in [2.24, 2.45) is 0 Å². The van der Waals surface area contributed by atoms with Gasteiger partial charge in [0.25, 0.3) is 10.1 Å². The first kappa shape index (κ1) is 22.2. The molecule has 0 fully saturated rings. The maximum absolute atomic E-state index is 12.1. The van der Waals surface area contributed by atoms with E-state index >= 15 is 0 Å². The smallest absolute Gasteiger partial charge is 0.282 e. The Labute approximate surface area is 155 Å². The molecule has 0 aliphatic rings. The maximum Gasteiger partial charge on any atom is 0.295 e. The molecular weight excluding hydrogens is 332 g/mol. The van der Waals surface area contributed by atoms with Crippen molar-refractivity contribution in [2.45, 2.75) is 103 Å². The maximum atomic E-state index is 12.1. The minimum Gasteiger partial charge on any atom is -0.282 e. The number of benzene rings is 1. The van der Waals surface area contributed by atoms with Crippen molar-refractivity contribution in [3.63, 3.8) is 0 Å². The van der Waals surface area contributed by atoms with E-state index in [2.05, 4.69) is 20.8 Å². The average molecular weight is 369 g/mol. The molecule has 3 nitrogen and oxygen atoms in total. The zero-order chi connectivity index (χ0) is 18.7. The molecule has 0 saturated carbocycles. The van der Waals surface area contributed by atoms with E-state index in [1.165, 1.54) is 18.4 Å². The van der Waals surface area contributed by atoms with Gasteiger partial charge in [-0.2, -0.15) is 8.42 Å². The Kier molecular flexibility index (Phi) is 10.4. The van der Waals surface area contributed by atoms with E-state index < -0.39 is 10.1 Å². The Hall–Kier alpha value is -0.870. The number of unbranched alkanes of at least 4 members (excludes halogenated alkanes) is 6. The Balaban J connectivity index is 3.20. The van der Waals surface area contributed by atoms with Crippen LogP contribution in [0.4, 0.5) is 0 Å². The highest BCUT2D eigenvalue weighted by molar-refractivity contribution is 7.86. The summed E-state index contributed by atoms with van der Waals surface area (Å²) in [5.41, 5.74) is 2.85. The molecular formula is C21H36O3S. The van der Waals surface area contributed by atoms with Crippen LogP contribution in [0.3, 0.4) is 0 Å². The van der Waals surface area contributed by atoms with Gasteiger partial charge in [0, 0.05) is 0 Å². The highest BCUT2D eigenvalue weighted by Crippen LogP contribution is 2.27. The van der Waals surface area contributed by atoms with E-state index in [1.54, 1.807) is 0 Å². The predicted octanol–water partition coefficient (Wildman–Crippen LogP) is 6.13. The first-order valence-corrected chi connectivity index (χ1v) is 11.5. The third-order valence-corrected chi connectivity index (χ3v) is 5.77. The average Bonchev–Trinajstić information content (AvgIpc) is 2.54. The first-order chi connectivity index (χ1) is 11.9. The van der Waals surface area contributed by atoms with Crippen molar-refractivity contribution in [2.75, 3.05) is 0 Å². The van der Waals surface area contributed by atoms with Gasteiger partial charge in [0.15, 0.2) is 0 Å². The Morgan fingerprint density at radius 2 is 1.12 bits per heavy atom. The number of rotatable bonds is 13. The van der Waals surface area contributed by atoms with Gasteiger partial charge in [0.05, 0.1) is 0 Å². The van der Waals surface area contributed by atoms with Gasteiger partial charge in [-0.15, -0.1) is 0 Å². The highest BCUT2D eigenvalue weighted by atomic mass is 32.2. The van der Waals surface area contributed by atoms with E-state index in [4.69, 9.17) is 0 Å². The van der Waals surface area contributed by atoms with Crippen molar-refractivity contribution in [3.05, 3.63) is 28.8 Å². The standard InChI is InChI=1S/C21H36O3S/c1-4-7-10-13-18-16-19(14-11-8-5-2)21(25(22,23)24)20(17-18)15-12-9-6-3/h16-17H,4-15H2,1-3H3,(H,22,23,24). The molecule has 0 heterocycles. The van der Waals surface area contributed by atoms with Crippen LogP contribution >= 0.6 is 0 Å². The van der Waals surface area contributed by atoms with Crippen molar-refractivity contribution < 1.29 is 13.0 Å². The molecule has 0 radical (unpaired) electrons. The lowest BCUT2D eigenvalue weighted by Crippen LogP contribution is -2.10. The van der Waals surface area contributed by atoms with Crippen LogP contribution in [-0.2, 0) is 29.4 Å². The number of hydrogen-bond acceptors (Lipinski definition) is 2. The second-order valence-corrected chi connectivity index (χ2v) is 8.45. The second-order valence-electron chi connectivity index (χ2n) is 7.09. The third kappa shape index (κ3) is 7.91. The molecule has 0 atom stereocenters. The zero-order valence-electron chi connectivity index (χ0n) is 16.3. The normalized spacial score (nSPS) is 11.8. The molecule has 0 saturated heterocycles. The second kappa shape index (κ2) is 11.7. The van der Waals surface area contributed by atoms with Crippen molar-refractivity contribution in [1.82, 2.24) is 0 Å². The lowest BCUT2D eigenvalue weighted by Gasteiger charge is -2.16. The van der Waals surface area contributed by atoms with Crippen molar-refractivity contribution in [1.29, 1.82) is 0 Å². The van der Waals surface area contributed by atoms with Crippen LogP contribution in [0.2, 0.25) is 0 Å². The fraction of sp³-hybridized carbons (Fsp3) is 0.714. The molecule has 0 unspecified atom stereocenters. The van der Waals surface area contributed by atoms with Crippen LogP contribution in [0.15, 0.2) is 17.0 Å². The van der Waals surface area contributed by atoms with Crippen LogP contribution in [0.1, 0.15) is 95.2 Å². The van der Waals surface area contributed by atoms with Crippen LogP contribution < -0.4 is 0 Å². The number of aryl methyl sites for hydroxylation is 3. The minimum atomic E-state index is -4.18. The van der Waals surface area contributed by atoms with E-state index in [1.807, 2.05) is 12.1 Å². The lowest BCUT2D eigenvalue weighted by molar-refractivity contribution is 0.480. The highest BCUT2D eigenvalue weighted by Gasteiger charge is 2.21. The summed E-state index contributed by atoms with van der Waals surface area (Å²) in [4.78, 5) is 0.193. The van der Waals surface area contributed by atoms with E-state index in [0.717, 1.165) is 75.3 Å². The molecule has 1 aromatic rings. The van der Waals surface area contributed by atoms with Crippen LogP contribution in [-0.4, -0.2) is 13.0 Å². The Morgan fingerprint density at radius 3 is 1.48 bits per heavy atom. The monoisotopic (exact) mass is 368 g/mol. The van der Waals surface area contributed by atoms with Crippen LogP contribution in [0.25, 0.3) is 0 Å². The van der Waals surface area contributed by atoms with Crippen molar-refractivity contribution in [3.8, 4) is 0 Å². The predicted molar refractivity (Wildman–Crippen MR) is 106 cm³/mol. The van der Waals surface area contributed by atoms with Gasteiger partial charge < -0.3 is 0 Å². The van der Waals surface area contributed by atoms with Gasteiger partial charge in [-0.25, -0.2) is 0 Å². The molecule has 0 aromatic heterocycles. The number of hydrogen-bond donors (Lipinski definition) is 1. The quantitative estimate of drug-likeness (QED) is 0.336. The molecule has 0 spiro atoms. The first-order valence-electron chi connectivity index (χ1n) is 10.1. The van der Waals surface area contributed by atoms with Gasteiger partial charge in [0.2, 0.25) is 0 Å². The molecule has 4 heteroatoms. The lowest BCUT2D eigenvalue weighted by atomic mass is 9.95. The van der Waals surface area contributed by atoms with Crippen LogP contribution in [0.5, 0.6) is 0 Å². The van der Waals surface area contributed by atoms with E-state index in [-0.39, 0.29) is 4.90 Å². The molecule has 25 heavy (non-hydrogen) atoms. The topological polar surface area (TPSA) is 54.4 Å². The Morgan fingerprint density at radius 1 is 0.720 bits per heavy atom. The van der Waals surface area contributed by atoms with E-state index in [0.29, 0.717) is 0 Å². The zero-order valence-corrected chi connectivity index (χ0v) is 17.1. The van der Waals surface area contributed by atoms with Gasteiger partial charge in [-0.1, -0.05) is 71.4 Å². The van der Waals surface area contributed by atoms with Gasteiger partial charge in [-0.05, 0) is 55.2 Å². The van der Waals surface area contributed by atoms with Gasteiger partial charge >= 0.3 is 0 Å². The summed E-state index contributed by atoms with van der Waals surface area (Å²) in [5.74, 6) is 0. The molecule has 1 aromatic carbocycles. The van der Waals surface area contributed by atoms with Gasteiger partial charge in [-0.3, -0.25) is 4.55 Å². The summed E-state index contributed by atoms with van der Waals surface area (Å²) in [7, 11) is -4.18. The Bertz CT molecular complexity index is 575. The fourth-order valence-corrected chi connectivity index (χ4v) is 4.37. The largest absolute Gasteiger partial charge is 0.295 e. The SMILES string of the molecule is CCCCCc1cc(CCCCC)c(S(=O)(=O)O)c(CCCCC)c1. The third-order valence-electron chi connectivity index (χ3n) is 4.73.